The van der Waals surface area contributed by atoms with Gasteiger partial charge >= 0.3 is 0 Å². The van der Waals surface area contributed by atoms with Crippen LogP contribution in [0.4, 0.5) is 0 Å². The molecule has 0 saturated carbocycles. The Kier molecular flexibility index (Phi) is 10.9. The highest BCUT2D eigenvalue weighted by molar-refractivity contribution is 5.85. The van der Waals surface area contributed by atoms with Gasteiger partial charge in [-0.05, 0) is 19.8 Å². The Morgan fingerprint density at radius 2 is 1.62 bits per heavy atom. The number of carbonyl (C=O) groups excluding carboxylic acids is 2. The van der Waals surface area contributed by atoms with Gasteiger partial charge in [0.15, 0.2) is 0 Å². The van der Waals surface area contributed by atoms with Crippen molar-refractivity contribution in [3.05, 3.63) is 0 Å². The lowest BCUT2D eigenvalue weighted by Gasteiger charge is -2.20. The number of carbonyl (C=O) groups is 2. The normalized spacial score (nSPS) is 12.5. The van der Waals surface area contributed by atoms with Crippen LogP contribution in [-0.2, 0) is 19.1 Å². The third kappa shape index (κ3) is 10.3. The largest absolute Gasteiger partial charge is 0.383 e. The molecule has 0 rings (SSSR count). The van der Waals surface area contributed by atoms with Gasteiger partial charge in [0.25, 0.3) is 0 Å². The van der Waals surface area contributed by atoms with Gasteiger partial charge in [-0.1, -0.05) is 13.8 Å². The van der Waals surface area contributed by atoms with Crippen molar-refractivity contribution in [3.8, 4) is 0 Å². The molecule has 0 aromatic carbocycles. The summed E-state index contributed by atoms with van der Waals surface area (Å²) in [6.45, 7) is 9.65. The summed E-state index contributed by atoms with van der Waals surface area (Å²) in [6, 6.07) is 0. The molecular weight excluding hydrogens is 272 g/mol. The standard InChI is InChI=1S/C15H30N2O4/c1-11(2)13(15(19)17-6-8-20-5)10-14(18)16-7-9-21-12(3)4/h11-13H,6-10H2,1-5H3,(H,16,18)(H,17,19). The van der Waals surface area contributed by atoms with Gasteiger partial charge in [0.05, 0.1) is 19.3 Å². The van der Waals surface area contributed by atoms with Gasteiger partial charge < -0.3 is 20.1 Å². The number of hydrogen-bond donors (Lipinski definition) is 2. The number of hydrogen-bond acceptors (Lipinski definition) is 4. The first-order valence-corrected chi connectivity index (χ1v) is 7.53. The maximum atomic E-state index is 12.0. The number of rotatable bonds is 11. The lowest BCUT2D eigenvalue weighted by molar-refractivity contribution is -0.131. The van der Waals surface area contributed by atoms with E-state index in [2.05, 4.69) is 10.6 Å². The molecule has 2 amide bonds. The summed E-state index contributed by atoms with van der Waals surface area (Å²) in [5.74, 6) is -0.448. The highest BCUT2D eigenvalue weighted by Crippen LogP contribution is 2.15. The highest BCUT2D eigenvalue weighted by Gasteiger charge is 2.24. The predicted octanol–water partition coefficient (Wildman–Crippen LogP) is 0.953. The lowest BCUT2D eigenvalue weighted by atomic mass is 9.91. The molecular formula is C15H30N2O4. The molecule has 0 spiro atoms. The van der Waals surface area contributed by atoms with E-state index in [4.69, 9.17) is 9.47 Å². The second-order valence-corrected chi connectivity index (χ2v) is 5.61. The van der Waals surface area contributed by atoms with E-state index in [9.17, 15) is 9.59 Å². The van der Waals surface area contributed by atoms with Crippen molar-refractivity contribution >= 4 is 11.8 Å². The second-order valence-electron chi connectivity index (χ2n) is 5.61. The summed E-state index contributed by atoms with van der Waals surface area (Å²) in [5.41, 5.74) is 0. The number of ether oxygens (including phenoxy) is 2. The molecule has 0 aliphatic heterocycles. The topological polar surface area (TPSA) is 76.7 Å². The molecule has 0 aliphatic carbocycles. The molecule has 1 atom stereocenters. The molecule has 0 aliphatic rings. The zero-order valence-corrected chi connectivity index (χ0v) is 13.9. The fourth-order valence-electron chi connectivity index (χ4n) is 1.80. The first kappa shape index (κ1) is 19.9. The second kappa shape index (κ2) is 11.5. The van der Waals surface area contributed by atoms with Crippen LogP contribution in [0.1, 0.15) is 34.1 Å². The summed E-state index contributed by atoms with van der Waals surface area (Å²) >= 11 is 0. The Labute approximate surface area is 127 Å². The molecule has 6 heteroatoms. The number of methoxy groups -OCH3 is 1. The van der Waals surface area contributed by atoms with E-state index >= 15 is 0 Å². The third-order valence-corrected chi connectivity index (χ3v) is 3.03. The van der Waals surface area contributed by atoms with Crippen LogP contribution in [0.25, 0.3) is 0 Å². The molecule has 0 fully saturated rings. The van der Waals surface area contributed by atoms with Crippen molar-refractivity contribution in [2.45, 2.75) is 40.2 Å². The Morgan fingerprint density at radius 3 is 2.14 bits per heavy atom. The number of nitrogens with one attached hydrogen (secondary N) is 2. The van der Waals surface area contributed by atoms with Crippen LogP contribution in [-0.4, -0.2) is 51.3 Å². The zero-order valence-electron chi connectivity index (χ0n) is 13.9. The number of amides is 2. The van der Waals surface area contributed by atoms with E-state index in [0.29, 0.717) is 26.3 Å². The average Bonchev–Trinajstić information content (AvgIpc) is 2.40. The van der Waals surface area contributed by atoms with E-state index in [0.717, 1.165) is 0 Å². The van der Waals surface area contributed by atoms with E-state index in [-0.39, 0.29) is 36.2 Å². The third-order valence-electron chi connectivity index (χ3n) is 3.03. The molecule has 124 valence electrons. The van der Waals surface area contributed by atoms with Crippen LogP contribution in [0.3, 0.4) is 0 Å². The maximum absolute atomic E-state index is 12.0. The summed E-state index contributed by atoms with van der Waals surface area (Å²) in [7, 11) is 1.58. The van der Waals surface area contributed by atoms with Crippen molar-refractivity contribution in [2.75, 3.05) is 33.4 Å². The molecule has 21 heavy (non-hydrogen) atoms. The Balaban J connectivity index is 4.12. The van der Waals surface area contributed by atoms with Crippen LogP contribution in [0.2, 0.25) is 0 Å². The predicted molar refractivity (Wildman–Crippen MR) is 81.9 cm³/mol. The van der Waals surface area contributed by atoms with Crippen LogP contribution in [0, 0.1) is 11.8 Å². The van der Waals surface area contributed by atoms with Crippen molar-refractivity contribution < 1.29 is 19.1 Å². The minimum Gasteiger partial charge on any atom is -0.383 e. The first-order valence-electron chi connectivity index (χ1n) is 7.53. The fraction of sp³-hybridized carbons (Fsp3) is 0.867. The zero-order chi connectivity index (χ0) is 16.3. The molecule has 2 N–H and O–H groups in total. The monoisotopic (exact) mass is 302 g/mol. The molecule has 0 heterocycles. The van der Waals surface area contributed by atoms with E-state index in [1.165, 1.54) is 0 Å². The van der Waals surface area contributed by atoms with E-state index < -0.39 is 0 Å². The Morgan fingerprint density at radius 1 is 1.00 bits per heavy atom. The van der Waals surface area contributed by atoms with Crippen LogP contribution in [0.5, 0.6) is 0 Å². The van der Waals surface area contributed by atoms with Crippen molar-refractivity contribution in [1.82, 2.24) is 10.6 Å². The highest BCUT2D eigenvalue weighted by atomic mass is 16.5. The molecule has 0 aromatic rings. The van der Waals surface area contributed by atoms with Gasteiger partial charge in [0, 0.05) is 32.5 Å². The minimum atomic E-state index is -0.326. The van der Waals surface area contributed by atoms with Crippen molar-refractivity contribution in [3.63, 3.8) is 0 Å². The van der Waals surface area contributed by atoms with E-state index in [1.807, 2.05) is 27.7 Å². The molecule has 0 saturated heterocycles. The van der Waals surface area contributed by atoms with E-state index in [1.54, 1.807) is 7.11 Å². The van der Waals surface area contributed by atoms with Crippen molar-refractivity contribution in [2.24, 2.45) is 11.8 Å². The minimum absolute atomic E-state index is 0.101. The van der Waals surface area contributed by atoms with Gasteiger partial charge in [-0.25, -0.2) is 0 Å². The summed E-state index contributed by atoms with van der Waals surface area (Å²) in [6.07, 6.45) is 0.343. The average molecular weight is 302 g/mol. The van der Waals surface area contributed by atoms with Gasteiger partial charge in [-0.2, -0.15) is 0 Å². The van der Waals surface area contributed by atoms with Gasteiger partial charge in [-0.15, -0.1) is 0 Å². The molecule has 1 unspecified atom stereocenters. The smallest absolute Gasteiger partial charge is 0.223 e. The molecule has 0 radical (unpaired) electrons. The Hall–Kier alpha value is -1.14. The quantitative estimate of drug-likeness (QED) is 0.557. The Bertz CT molecular complexity index is 306. The summed E-state index contributed by atoms with van der Waals surface area (Å²) in [5, 5.41) is 5.56. The van der Waals surface area contributed by atoms with Crippen LogP contribution < -0.4 is 10.6 Å². The fourth-order valence-corrected chi connectivity index (χ4v) is 1.80. The lowest BCUT2D eigenvalue weighted by Crippen LogP contribution is -2.39. The molecule has 0 aromatic heterocycles. The van der Waals surface area contributed by atoms with Gasteiger partial charge in [0.1, 0.15) is 0 Å². The molecule has 6 nitrogen and oxygen atoms in total. The van der Waals surface area contributed by atoms with Crippen LogP contribution in [0.15, 0.2) is 0 Å². The van der Waals surface area contributed by atoms with Gasteiger partial charge in [-0.3, -0.25) is 9.59 Å². The molecule has 0 bridgehead atoms. The SMILES string of the molecule is COCCNC(=O)C(CC(=O)NCCOC(C)C)C(C)C. The van der Waals surface area contributed by atoms with Crippen LogP contribution >= 0.6 is 0 Å². The maximum Gasteiger partial charge on any atom is 0.223 e. The first-order chi connectivity index (χ1) is 9.88. The summed E-state index contributed by atoms with van der Waals surface area (Å²) < 4.78 is 10.2. The summed E-state index contributed by atoms with van der Waals surface area (Å²) in [4.78, 5) is 23.9. The van der Waals surface area contributed by atoms with Crippen molar-refractivity contribution in [1.29, 1.82) is 0 Å². The van der Waals surface area contributed by atoms with Gasteiger partial charge in [0.2, 0.25) is 11.8 Å².